The lowest BCUT2D eigenvalue weighted by Crippen LogP contribution is -2.43. The number of rotatable bonds is 7. The summed E-state index contributed by atoms with van der Waals surface area (Å²) < 4.78 is 30.2. The highest BCUT2D eigenvalue weighted by Crippen LogP contribution is 2.27. The van der Waals surface area contributed by atoms with E-state index in [1.165, 1.54) is 25.1 Å². The van der Waals surface area contributed by atoms with Gasteiger partial charge < -0.3 is 19.5 Å². The van der Waals surface area contributed by atoms with Crippen LogP contribution in [-0.2, 0) is 14.3 Å². The Labute approximate surface area is 176 Å². The van der Waals surface area contributed by atoms with Gasteiger partial charge in [0.1, 0.15) is 29.3 Å². The molecule has 2 rings (SSSR count). The third-order valence-corrected chi connectivity index (χ3v) is 4.00. The fourth-order valence-corrected chi connectivity index (χ4v) is 2.65. The van der Waals surface area contributed by atoms with E-state index in [4.69, 9.17) is 14.2 Å². The molecule has 162 valence electrons. The largest absolute Gasteiger partial charge is 0.482 e. The highest BCUT2D eigenvalue weighted by molar-refractivity contribution is 5.81. The number of carbonyl (C=O) groups excluding carboxylic acids is 2. The van der Waals surface area contributed by atoms with Crippen molar-refractivity contribution in [3.05, 3.63) is 66.0 Å². The Morgan fingerprint density at radius 1 is 1.00 bits per heavy atom. The van der Waals surface area contributed by atoms with Crippen molar-refractivity contribution in [3.63, 3.8) is 0 Å². The van der Waals surface area contributed by atoms with Gasteiger partial charge in [0.15, 0.2) is 6.10 Å². The van der Waals surface area contributed by atoms with Gasteiger partial charge in [0.2, 0.25) is 0 Å². The van der Waals surface area contributed by atoms with E-state index in [1.807, 2.05) is 30.3 Å². The van der Waals surface area contributed by atoms with Crippen LogP contribution in [0, 0.1) is 5.82 Å². The molecule has 0 heterocycles. The van der Waals surface area contributed by atoms with Crippen molar-refractivity contribution in [1.29, 1.82) is 0 Å². The summed E-state index contributed by atoms with van der Waals surface area (Å²) in [4.78, 5) is 24.4. The fourth-order valence-electron chi connectivity index (χ4n) is 2.65. The Bertz CT molecular complexity index is 850. The second kappa shape index (κ2) is 10.1. The summed E-state index contributed by atoms with van der Waals surface area (Å²) >= 11 is 0. The summed E-state index contributed by atoms with van der Waals surface area (Å²) in [5.74, 6) is -0.761. The molecule has 1 N–H and O–H groups in total. The Balaban J connectivity index is 2.09. The van der Waals surface area contributed by atoms with Crippen LogP contribution in [0.4, 0.5) is 9.18 Å². The average Bonchev–Trinajstić information content (AvgIpc) is 2.65. The maximum absolute atomic E-state index is 13.6. The van der Waals surface area contributed by atoms with Crippen molar-refractivity contribution in [1.82, 2.24) is 5.32 Å². The summed E-state index contributed by atoms with van der Waals surface area (Å²) in [7, 11) is 0. The highest BCUT2D eigenvalue weighted by atomic mass is 19.1. The number of carbonyl (C=O) groups is 2. The van der Waals surface area contributed by atoms with Crippen molar-refractivity contribution in [2.75, 3.05) is 0 Å². The number of nitrogens with one attached hydrogen (secondary N) is 1. The van der Waals surface area contributed by atoms with Gasteiger partial charge in [-0.25, -0.2) is 14.0 Å². The van der Waals surface area contributed by atoms with E-state index in [1.54, 1.807) is 33.8 Å². The normalized spacial score (nSPS) is 14.2. The van der Waals surface area contributed by atoms with E-state index >= 15 is 0 Å². The average molecular weight is 417 g/mol. The number of ether oxygens (including phenoxy) is 3. The smallest absolute Gasteiger partial charge is 0.408 e. The molecule has 0 saturated carbocycles. The quantitative estimate of drug-likeness (QED) is 0.656. The van der Waals surface area contributed by atoms with Crippen molar-refractivity contribution in [2.45, 2.75) is 58.5 Å². The molecule has 6 nitrogen and oxygen atoms in total. The SMILES string of the molecule is C[C@H](NC(=O)OC(C)(C)C)C(=O)O[C@@H](C)[C@H](Oc1cccc(F)c1)c1ccccc1. The number of esters is 1. The van der Waals surface area contributed by atoms with Crippen molar-refractivity contribution < 1.29 is 28.2 Å². The fraction of sp³-hybridized carbons (Fsp3) is 0.391. The summed E-state index contributed by atoms with van der Waals surface area (Å²) in [5.41, 5.74) is 0.0767. The maximum atomic E-state index is 13.6. The molecule has 1 amide bonds. The van der Waals surface area contributed by atoms with E-state index in [2.05, 4.69) is 5.32 Å². The van der Waals surface area contributed by atoms with Gasteiger partial charge in [-0.15, -0.1) is 0 Å². The Morgan fingerprint density at radius 2 is 1.67 bits per heavy atom. The van der Waals surface area contributed by atoms with Gasteiger partial charge in [-0.05, 0) is 52.3 Å². The zero-order chi connectivity index (χ0) is 22.3. The molecule has 0 aliphatic heterocycles. The van der Waals surface area contributed by atoms with Crippen LogP contribution in [0.25, 0.3) is 0 Å². The number of amides is 1. The van der Waals surface area contributed by atoms with Crippen LogP contribution >= 0.6 is 0 Å². The number of halogens is 1. The van der Waals surface area contributed by atoms with Gasteiger partial charge in [-0.3, -0.25) is 0 Å². The molecule has 2 aromatic rings. The second-order valence-corrected chi connectivity index (χ2v) is 7.92. The minimum Gasteiger partial charge on any atom is -0.482 e. The van der Waals surface area contributed by atoms with E-state index in [0.717, 1.165) is 5.56 Å². The molecule has 0 aliphatic rings. The molecular weight excluding hydrogens is 389 g/mol. The molecule has 0 aromatic heterocycles. The number of hydrogen-bond donors (Lipinski definition) is 1. The van der Waals surface area contributed by atoms with E-state index in [9.17, 15) is 14.0 Å². The van der Waals surface area contributed by atoms with Crippen molar-refractivity contribution >= 4 is 12.1 Å². The molecule has 2 aromatic carbocycles. The first-order valence-electron chi connectivity index (χ1n) is 9.72. The lowest BCUT2D eigenvalue weighted by Gasteiger charge is -2.27. The molecule has 0 aliphatic carbocycles. The second-order valence-electron chi connectivity index (χ2n) is 7.92. The first kappa shape index (κ1) is 23.2. The Kier molecular flexibility index (Phi) is 7.80. The zero-order valence-corrected chi connectivity index (χ0v) is 17.8. The zero-order valence-electron chi connectivity index (χ0n) is 17.8. The predicted molar refractivity (Wildman–Crippen MR) is 111 cm³/mol. The molecule has 7 heteroatoms. The Morgan fingerprint density at radius 3 is 2.27 bits per heavy atom. The molecule has 30 heavy (non-hydrogen) atoms. The van der Waals surface area contributed by atoms with Gasteiger partial charge in [-0.2, -0.15) is 0 Å². The van der Waals surface area contributed by atoms with Crippen LogP contribution in [0.15, 0.2) is 54.6 Å². The predicted octanol–water partition coefficient (Wildman–Crippen LogP) is 4.79. The van der Waals surface area contributed by atoms with E-state index in [-0.39, 0.29) is 0 Å². The summed E-state index contributed by atoms with van der Waals surface area (Å²) in [6.45, 7) is 8.36. The number of alkyl carbamates (subject to hydrolysis) is 1. The van der Waals surface area contributed by atoms with Crippen LogP contribution in [0.5, 0.6) is 5.75 Å². The standard InChI is InChI=1S/C23H28FNO5/c1-15(25-22(27)30-23(3,4)5)21(26)28-16(2)20(17-10-7-6-8-11-17)29-19-13-9-12-18(24)14-19/h6-16,20H,1-5H3,(H,25,27)/t15-,16-,20-/m0/s1. The van der Waals surface area contributed by atoms with Crippen LogP contribution in [0.3, 0.4) is 0 Å². The molecule has 0 fully saturated rings. The third kappa shape index (κ3) is 7.39. The molecule has 0 radical (unpaired) electrons. The minimum atomic E-state index is -0.923. The molecular formula is C23H28FNO5. The molecule has 0 spiro atoms. The third-order valence-electron chi connectivity index (χ3n) is 4.00. The summed E-state index contributed by atoms with van der Waals surface area (Å²) in [5, 5.41) is 2.45. The van der Waals surface area contributed by atoms with Gasteiger partial charge in [0, 0.05) is 6.07 Å². The monoisotopic (exact) mass is 417 g/mol. The van der Waals surface area contributed by atoms with Gasteiger partial charge in [0.25, 0.3) is 0 Å². The van der Waals surface area contributed by atoms with Crippen molar-refractivity contribution in [2.24, 2.45) is 0 Å². The summed E-state index contributed by atoms with van der Waals surface area (Å²) in [6.07, 6.45) is -2.10. The van der Waals surface area contributed by atoms with Crippen LogP contribution in [0.2, 0.25) is 0 Å². The number of benzene rings is 2. The maximum Gasteiger partial charge on any atom is 0.408 e. The first-order valence-corrected chi connectivity index (χ1v) is 9.72. The van der Waals surface area contributed by atoms with Crippen LogP contribution < -0.4 is 10.1 Å². The van der Waals surface area contributed by atoms with E-state index < -0.39 is 41.7 Å². The number of hydrogen-bond acceptors (Lipinski definition) is 5. The van der Waals surface area contributed by atoms with Gasteiger partial charge in [0.05, 0.1) is 0 Å². The lowest BCUT2D eigenvalue weighted by atomic mass is 10.0. The van der Waals surface area contributed by atoms with Gasteiger partial charge in [-0.1, -0.05) is 36.4 Å². The molecule has 0 unspecified atom stereocenters. The van der Waals surface area contributed by atoms with Crippen molar-refractivity contribution in [3.8, 4) is 5.75 Å². The summed E-state index contributed by atoms with van der Waals surface area (Å²) in [6, 6.07) is 14.0. The Hall–Kier alpha value is -3.09. The molecule has 3 atom stereocenters. The first-order chi connectivity index (χ1) is 14.0. The lowest BCUT2D eigenvalue weighted by molar-refractivity contribution is -0.155. The highest BCUT2D eigenvalue weighted by Gasteiger charge is 2.28. The van der Waals surface area contributed by atoms with Crippen LogP contribution in [0.1, 0.15) is 46.3 Å². The molecule has 0 saturated heterocycles. The van der Waals surface area contributed by atoms with Crippen LogP contribution in [-0.4, -0.2) is 29.8 Å². The van der Waals surface area contributed by atoms with E-state index in [0.29, 0.717) is 5.75 Å². The topological polar surface area (TPSA) is 73.9 Å². The van der Waals surface area contributed by atoms with Gasteiger partial charge >= 0.3 is 12.1 Å². The minimum absolute atomic E-state index is 0.312. The molecule has 0 bridgehead atoms.